The van der Waals surface area contributed by atoms with Crippen LogP contribution in [0.3, 0.4) is 0 Å². The fourth-order valence-electron chi connectivity index (χ4n) is 3.19. The summed E-state index contributed by atoms with van der Waals surface area (Å²) >= 11 is 0. The Kier molecular flexibility index (Phi) is 4.23. The lowest BCUT2D eigenvalue weighted by Crippen LogP contribution is -2.44. The summed E-state index contributed by atoms with van der Waals surface area (Å²) in [6, 6.07) is 3.73. The summed E-state index contributed by atoms with van der Waals surface area (Å²) in [5.41, 5.74) is 9.12. The summed E-state index contributed by atoms with van der Waals surface area (Å²) in [7, 11) is -3.00. The Morgan fingerprint density at radius 2 is 1.70 bits per heavy atom. The molecule has 0 radical (unpaired) electrons. The molecule has 3 rings (SSSR count). The number of hydrogen-bond donors (Lipinski definition) is 1. The predicted octanol–water partition coefficient (Wildman–Crippen LogP) is 1.05. The van der Waals surface area contributed by atoms with Gasteiger partial charge in [-0.15, -0.1) is 0 Å². The number of nitrogen functional groups attached to an aromatic ring is 1. The molecule has 0 bridgehead atoms. The highest BCUT2D eigenvalue weighted by atomic mass is 32.2. The maximum atomic E-state index is 12.9. The van der Waals surface area contributed by atoms with Gasteiger partial charge in [0.25, 0.3) is 5.91 Å². The van der Waals surface area contributed by atoms with Gasteiger partial charge in [-0.2, -0.15) is 0 Å². The Balaban J connectivity index is 1.91. The summed E-state index contributed by atoms with van der Waals surface area (Å²) < 4.78 is 23.1. The molecule has 0 saturated carbocycles. The van der Waals surface area contributed by atoms with Crippen molar-refractivity contribution >= 4 is 27.1 Å². The zero-order valence-electron chi connectivity index (χ0n) is 13.4. The minimum absolute atomic E-state index is 0.0474. The van der Waals surface area contributed by atoms with E-state index < -0.39 is 9.84 Å². The van der Waals surface area contributed by atoms with Crippen LogP contribution in [0, 0.1) is 6.92 Å². The van der Waals surface area contributed by atoms with Gasteiger partial charge in [0.1, 0.15) is 0 Å². The number of sulfone groups is 1. The second kappa shape index (κ2) is 6.03. The van der Waals surface area contributed by atoms with E-state index in [9.17, 15) is 13.2 Å². The number of rotatable bonds is 2. The molecule has 7 heteroatoms. The molecule has 2 aliphatic heterocycles. The lowest BCUT2D eigenvalue weighted by Gasteiger charge is -2.29. The zero-order chi connectivity index (χ0) is 16.6. The lowest BCUT2D eigenvalue weighted by molar-refractivity contribution is 0.0771. The third-order valence-corrected chi connectivity index (χ3v) is 6.30. The van der Waals surface area contributed by atoms with Gasteiger partial charge in [-0.1, -0.05) is 0 Å². The molecule has 1 aromatic carbocycles. The van der Waals surface area contributed by atoms with E-state index in [-0.39, 0.29) is 30.5 Å². The van der Waals surface area contributed by atoms with Gasteiger partial charge in [0.05, 0.1) is 22.8 Å². The number of anilines is 2. The third-order valence-electron chi connectivity index (χ3n) is 4.69. The first-order valence-corrected chi connectivity index (χ1v) is 9.84. The Labute approximate surface area is 137 Å². The Morgan fingerprint density at radius 1 is 1.09 bits per heavy atom. The first-order chi connectivity index (χ1) is 10.9. The molecule has 126 valence electrons. The molecule has 0 aliphatic carbocycles. The molecule has 1 amide bonds. The summed E-state index contributed by atoms with van der Waals surface area (Å²) in [5, 5.41) is 0. The van der Waals surface area contributed by atoms with Crippen molar-refractivity contribution in [1.82, 2.24) is 4.90 Å². The number of carbonyl (C=O) groups is 1. The van der Waals surface area contributed by atoms with Gasteiger partial charge in [0, 0.05) is 31.9 Å². The van der Waals surface area contributed by atoms with Gasteiger partial charge in [-0.05, 0) is 37.5 Å². The first-order valence-electron chi connectivity index (χ1n) is 8.02. The van der Waals surface area contributed by atoms with Crippen LogP contribution in [0.25, 0.3) is 0 Å². The quantitative estimate of drug-likeness (QED) is 0.816. The highest BCUT2D eigenvalue weighted by Crippen LogP contribution is 2.30. The van der Waals surface area contributed by atoms with Crippen LogP contribution in [0.5, 0.6) is 0 Å². The van der Waals surface area contributed by atoms with Crippen molar-refractivity contribution in [3.8, 4) is 0 Å². The first kappa shape index (κ1) is 16.1. The van der Waals surface area contributed by atoms with E-state index >= 15 is 0 Å². The maximum Gasteiger partial charge on any atom is 0.256 e. The lowest BCUT2D eigenvalue weighted by atomic mass is 10.0. The summed E-state index contributed by atoms with van der Waals surface area (Å²) in [5.74, 6) is 0.00204. The highest BCUT2D eigenvalue weighted by molar-refractivity contribution is 7.91. The van der Waals surface area contributed by atoms with Crippen molar-refractivity contribution in [1.29, 1.82) is 0 Å². The van der Waals surface area contributed by atoms with Crippen LogP contribution >= 0.6 is 0 Å². The molecule has 6 nitrogen and oxygen atoms in total. The van der Waals surface area contributed by atoms with Crippen LogP contribution in [-0.4, -0.2) is 56.9 Å². The Hall–Kier alpha value is -1.76. The van der Waals surface area contributed by atoms with Gasteiger partial charge in [-0.25, -0.2) is 8.42 Å². The molecule has 0 aromatic heterocycles. The van der Waals surface area contributed by atoms with Gasteiger partial charge in [-0.3, -0.25) is 4.79 Å². The second-order valence-electron chi connectivity index (χ2n) is 6.36. The van der Waals surface area contributed by atoms with Gasteiger partial charge in [0.2, 0.25) is 0 Å². The number of nitrogens with two attached hydrogens (primary N) is 1. The number of benzene rings is 1. The molecule has 2 saturated heterocycles. The average molecular weight is 337 g/mol. The van der Waals surface area contributed by atoms with Crippen LogP contribution in [0.15, 0.2) is 12.1 Å². The van der Waals surface area contributed by atoms with Crippen LogP contribution < -0.4 is 10.6 Å². The van der Waals surface area contributed by atoms with Crippen LogP contribution in [0.1, 0.15) is 28.8 Å². The van der Waals surface area contributed by atoms with Crippen molar-refractivity contribution in [2.24, 2.45) is 0 Å². The molecule has 2 N–H and O–H groups in total. The standard InChI is InChI=1S/C16H23N3O3S/c1-12-10-13(15(11-14(12)17)18-4-2-3-5-18)16(20)19-6-8-23(21,22)9-7-19/h10-11H,2-9,17H2,1H3. The number of amides is 1. The minimum atomic E-state index is -3.00. The number of hydrogen-bond acceptors (Lipinski definition) is 5. The van der Waals surface area contributed by atoms with Gasteiger partial charge < -0.3 is 15.5 Å². The number of nitrogens with zero attached hydrogens (tertiary/aromatic N) is 2. The predicted molar refractivity (Wildman–Crippen MR) is 91.6 cm³/mol. The Morgan fingerprint density at radius 3 is 2.30 bits per heavy atom. The maximum absolute atomic E-state index is 12.9. The van der Waals surface area contributed by atoms with Crippen LogP contribution in [0.2, 0.25) is 0 Å². The molecule has 0 unspecified atom stereocenters. The van der Waals surface area contributed by atoms with Crippen molar-refractivity contribution in [2.45, 2.75) is 19.8 Å². The molecule has 0 atom stereocenters. The fourth-order valence-corrected chi connectivity index (χ4v) is 4.39. The Bertz CT molecular complexity index is 710. The van der Waals surface area contributed by atoms with E-state index in [2.05, 4.69) is 4.90 Å². The van der Waals surface area contributed by atoms with E-state index in [1.165, 1.54) is 0 Å². The molecular formula is C16H23N3O3S. The molecule has 2 heterocycles. The molecule has 2 aliphatic rings. The van der Waals surface area contributed by atoms with E-state index in [0.29, 0.717) is 11.3 Å². The van der Waals surface area contributed by atoms with Gasteiger partial charge >= 0.3 is 0 Å². The normalized spacial score (nSPS) is 20.7. The van der Waals surface area contributed by atoms with E-state index in [4.69, 9.17) is 5.73 Å². The molecule has 0 spiro atoms. The highest BCUT2D eigenvalue weighted by Gasteiger charge is 2.29. The molecule has 2 fully saturated rings. The van der Waals surface area contributed by atoms with Crippen molar-refractivity contribution in [3.05, 3.63) is 23.3 Å². The smallest absolute Gasteiger partial charge is 0.256 e. The minimum Gasteiger partial charge on any atom is -0.398 e. The summed E-state index contributed by atoms with van der Waals surface area (Å²) in [4.78, 5) is 16.8. The molecule has 1 aromatic rings. The summed E-state index contributed by atoms with van der Waals surface area (Å²) in [6.45, 7) is 4.28. The van der Waals surface area contributed by atoms with Crippen LogP contribution in [0.4, 0.5) is 11.4 Å². The second-order valence-corrected chi connectivity index (χ2v) is 8.67. The summed E-state index contributed by atoms with van der Waals surface area (Å²) in [6.07, 6.45) is 2.23. The fraction of sp³-hybridized carbons (Fsp3) is 0.562. The number of aryl methyl sites for hydroxylation is 1. The van der Waals surface area contributed by atoms with E-state index in [0.717, 1.165) is 37.2 Å². The zero-order valence-corrected chi connectivity index (χ0v) is 14.2. The third kappa shape index (κ3) is 3.29. The monoisotopic (exact) mass is 337 g/mol. The molecule has 23 heavy (non-hydrogen) atoms. The average Bonchev–Trinajstić information content (AvgIpc) is 3.03. The SMILES string of the molecule is Cc1cc(C(=O)N2CCS(=O)(=O)CC2)c(N2CCCC2)cc1N. The van der Waals surface area contributed by atoms with Gasteiger partial charge in [0.15, 0.2) is 9.84 Å². The van der Waals surface area contributed by atoms with Crippen molar-refractivity contribution < 1.29 is 13.2 Å². The van der Waals surface area contributed by atoms with Crippen molar-refractivity contribution in [2.75, 3.05) is 48.3 Å². The van der Waals surface area contributed by atoms with E-state index in [1.807, 2.05) is 19.1 Å². The number of carbonyl (C=O) groups excluding carboxylic acids is 1. The largest absolute Gasteiger partial charge is 0.398 e. The van der Waals surface area contributed by atoms with Crippen molar-refractivity contribution in [3.63, 3.8) is 0 Å². The van der Waals surface area contributed by atoms with Crippen LogP contribution in [-0.2, 0) is 9.84 Å². The van der Waals surface area contributed by atoms with E-state index in [1.54, 1.807) is 4.90 Å². The molecular weight excluding hydrogens is 314 g/mol. The topological polar surface area (TPSA) is 83.7 Å².